The van der Waals surface area contributed by atoms with Gasteiger partial charge in [-0.2, -0.15) is 0 Å². The molecule has 3 rings (SSSR count). The van der Waals surface area contributed by atoms with Gasteiger partial charge in [0.25, 0.3) is 0 Å². The van der Waals surface area contributed by atoms with Gasteiger partial charge in [-0.15, -0.1) is 0 Å². The van der Waals surface area contributed by atoms with Gasteiger partial charge in [0.05, 0.1) is 38.6 Å². The zero-order valence-corrected chi connectivity index (χ0v) is 53.2. The van der Waals surface area contributed by atoms with Crippen LogP contribution in [0.5, 0.6) is 0 Å². The second kappa shape index (κ2) is 50.3. The maximum atomic E-state index is 13.4. The van der Waals surface area contributed by atoms with Gasteiger partial charge in [0.1, 0.15) is 73.2 Å². The minimum atomic E-state index is -1.98. The summed E-state index contributed by atoms with van der Waals surface area (Å²) < 4.78 is 34.3. The van der Waals surface area contributed by atoms with E-state index < -0.39 is 124 Å². The molecule has 0 aromatic carbocycles. The highest BCUT2D eigenvalue weighted by molar-refractivity contribution is 5.76. The molecule has 0 radical (unpaired) electrons. The molecule has 0 spiro atoms. The summed E-state index contributed by atoms with van der Waals surface area (Å²) in [6.07, 6.45) is 38.0. The van der Waals surface area contributed by atoms with Gasteiger partial charge in [0.15, 0.2) is 18.9 Å². The van der Waals surface area contributed by atoms with Crippen molar-refractivity contribution in [3.05, 3.63) is 97.2 Å². The number of rotatable bonds is 49. The van der Waals surface area contributed by atoms with Crippen molar-refractivity contribution in [2.45, 2.75) is 304 Å². The highest BCUT2D eigenvalue weighted by Crippen LogP contribution is 2.33. The Balaban J connectivity index is 1.46. The summed E-state index contributed by atoms with van der Waals surface area (Å²) in [5.41, 5.74) is 0. The summed E-state index contributed by atoms with van der Waals surface area (Å²) in [4.78, 5) is 13.4. The molecular weight excluding hydrogens is 1130 g/mol. The van der Waals surface area contributed by atoms with Gasteiger partial charge in [-0.25, -0.2) is 0 Å². The van der Waals surface area contributed by atoms with E-state index in [0.717, 1.165) is 103 Å². The van der Waals surface area contributed by atoms with Gasteiger partial charge in [0, 0.05) is 6.42 Å². The molecule has 17 atom stereocenters. The highest BCUT2D eigenvalue weighted by atomic mass is 16.8. The van der Waals surface area contributed by atoms with Crippen LogP contribution < -0.4 is 5.32 Å². The first kappa shape index (κ1) is 78.9. The number of aliphatic hydroxyl groups is 11. The first-order valence-electron chi connectivity index (χ1n) is 33.5. The standard InChI is InChI=1S/C69H117NO18/c1-3-5-7-9-11-13-15-17-19-21-22-23-24-25-26-27-28-29-30-31-33-35-37-39-41-43-45-47-57(75)70-52(53(74)46-44-42-40-38-36-34-32-20-18-16-14-12-10-8-6-4-2)51-83-67-63(81)60(78)65(55(49-72)85-67)88-69-64(82)61(79)66(56(50-73)86-69)87-68-62(80)59(77)58(76)54(48-71)84-68/h5,7,11,13,17,19,22-23,25-26,28-29,31,33,44,46,52-56,58-69,71-74,76-82H,3-4,6,8-10,12,14-16,18,20-21,24,27,30,32,34-43,45,47-51H2,1-2H3,(H,70,75)/b7-5-,13-11-,19-17-,23-22-,26-25-,29-28-,33-31-,46-44+. The van der Waals surface area contributed by atoms with Crippen molar-refractivity contribution < 1.29 is 89.4 Å². The van der Waals surface area contributed by atoms with Gasteiger partial charge in [-0.05, 0) is 77.0 Å². The molecule has 19 heteroatoms. The molecule has 0 aromatic rings. The summed E-state index contributed by atoms with van der Waals surface area (Å²) >= 11 is 0. The summed E-state index contributed by atoms with van der Waals surface area (Å²) in [5.74, 6) is -0.299. The van der Waals surface area contributed by atoms with E-state index in [2.05, 4.69) is 104 Å². The van der Waals surface area contributed by atoms with Crippen LogP contribution >= 0.6 is 0 Å². The summed E-state index contributed by atoms with van der Waals surface area (Å²) in [7, 11) is 0. The molecule has 1 amide bonds. The molecule has 0 bridgehead atoms. The first-order chi connectivity index (χ1) is 42.8. The number of hydrogen-bond acceptors (Lipinski definition) is 18. The smallest absolute Gasteiger partial charge is 0.220 e. The van der Waals surface area contributed by atoms with Gasteiger partial charge in [-0.1, -0.05) is 214 Å². The van der Waals surface area contributed by atoms with Crippen molar-refractivity contribution in [2.75, 3.05) is 26.4 Å². The number of carbonyl (C=O) groups is 1. The van der Waals surface area contributed by atoms with Crippen molar-refractivity contribution in [1.29, 1.82) is 0 Å². The fraction of sp³-hybridized carbons (Fsp3) is 0.754. The van der Waals surface area contributed by atoms with Crippen molar-refractivity contribution in [1.82, 2.24) is 5.32 Å². The summed E-state index contributed by atoms with van der Waals surface area (Å²) in [6.45, 7) is 1.58. The van der Waals surface area contributed by atoms with E-state index >= 15 is 0 Å². The van der Waals surface area contributed by atoms with Crippen LogP contribution in [0.2, 0.25) is 0 Å². The van der Waals surface area contributed by atoms with E-state index in [1.807, 2.05) is 6.08 Å². The Morgan fingerprint density at radius 1 is 0.420 bits per heavy atom. The number of amides is 1. The minimum Gasteiger partial charge on any atom is -0.394 e. The second-order valence-electron chi connectivity index (χ2n) is 23.6. The zero-order valence-electron chi connectivity index (χ0n) is 53.2. The maximum absolute atomic E-state index is 13.4. The number of ether oxygens (including phenoxy) is 6. The Morgan fingerprint density at radius 2 is 0.784 bits per heavy atom. The summed E-state index contributed by atoms with van der Waals surface area (Å²) in [6, 6.07) is -0.991. The lowest BCUT2D eigenvalue weighted by Crippen LogP contribution is -2.66. The Morgan fingerprint density at radius 3 is 1.23 bits per heavy atom. The predicted octanol–water partition coefficient (Wildman–Crippen LogP) is 8.10. The van der Waals surface area contributed by atoms with Crippen LogP contribution in [0, 0.1) is 0 Å². The number of nitrogens with one attached hydrogen (secondary N) is 1. The van der Waals surface area contributed by atoms with E-state index in [0.29, 0.717) is 6.42 Å². The fourth-order valence-electron chi connectivity index (χ4n) is 10.7. The van der Waals surface area contributed by atoms with Crippen LogP contribution in [0.4, 0.5) is 0 Å². The van der Waals surface area contributed by atoms with Gasteiger partial charge < -0.3 is 89.9 Å². The molecular formula is C69H117NO18. The molecule has 17 unspecified atom stereocenters. The van der Waals surface area contributed by atoms with Crippen molar-refractivity contribution in [3.8, 4) is 0 Å². The second-order valence-corrected chi connectivity index (χ2v) is 23.6. The van der Waals surface area contributed by atoms with E-state index in [-0.39, 0.29) is 18.9 Å². The lowest BCUT2D eigenvalue weighted by atomic mass is 9.96. The summed E-state index contributed by atoms with van der Waals surface area (Å²) in [5, 5.41) is 120. The Kier molecular flexibility index (Phi) is 45.1. The number of carbonyl (C=O) groups excluding carboxylic acids is 1. The van der Waals surface area contributed by atoms with E-state index in [1.165, 1.54) is 70.6 Å². The zero-order chi connectivity index (χ0) is 64.0. The molecule has 506 valence electrons. The number of hydrogen-bond donors (Lipinski definition) is 12. The molecule has 3 fully saturated rings. The van der Waals surface area contributed by atoms with Crippen molar-refractivity contribution >= 4 is 5.91 Å². The third-order valence-electron chi connectivity index (χ3n) is 16.1. The molecule has 19 nitrogen and oxygen atoms in total. The van der Waals surface area contributed by atoms with E-state index in [4.69, 9.17) is 28.4 Å². The van der Waals surface area contributed by atoms with Crippen molar-refractivity contribution in [3.63, 3.8) is 0 Å². The molecule has 12 N–H and O–H groups in total. The first-order valence-corrected chi connectivity index (χ1v) is 33.5. The quantitative estimate of drug-likeness (QED) is 0.0202. The topological polar surface area (TPSA) is 307 Å². The van der Waals surface area contributed by atoms with Crippen molar-refractivity contribution in [2.24, 2.45) is 0 Å². The molecule has 3 aliphatic rings. The van der Waals surface area contributed by atoms with Crippen LogP contribution in [0.1, 0.15) is 200 Å². The third kappa shape index (κ3) is 32.3. The van der Waals surface area contributed by atoms with E-state index in [9.17, 15) is 61.0 Å². The minimum absolute atomic E-state index is 0.215. The van der Waals surface area contributed by atoms with Gasteiger partial charge in [-0.3, -0.25) is 4.79 Å². The molecule has 3 aliphatic heterocycles. The molecule has 3 heterocycles. The third-order valence-corrected chi connectivity index (χ3v) is 16.1. The Bertz CT molecular complexity index is 1970. The molecule has 0 saturated carbocycles. The average molecular weight is 1250 g/mol. The van der Waals surface area contributed by atoms with Crippen LogP contribution in [-0.2, 0) is 33.2 Å². The molecule has 3 saturated heterocycles. The monoisotopic (exact) mass is 1250 g/mol. The molecule has 0 aliphatic carbocycles. The van der Waals surface area contributed by atoms with Crippen LogP contribution in [0.3, 0.4) is 0 Å². The lowest BCUT2D eigenvalue weighted by molar-refractivity contribution is -0.379. The molecule has 0 aromatic heterocycles. The Hall–Kier alpha value is -3.29. The van der Waals surface area contributed by atoms with E-state index in [1.54, 1.807) is 6.08 Å². The average Bonchev–Trinajstić information content (AvgIpc) is 3.39. The fourth-order valence-corrected chi connectivity index (χ4v) is 10.7. The maximum Gasteiger partial charge on any atom is 0.220 e. The van der Waals surface area contributed by atoms with Crippen LogP contribution in [0.15, 0.2) is 97.2 Å². The van der Waals surface area contributed by atoms with Gasteiger partial charge >= 0.3 is 0 Å². The van der Waals surface area contributed by atoms with Crippen LogP contribution in [0.25, 0.3) is 0 Å². The molecule has 88 heavy (non-hydrogen) atoms. The van der Waals surface area contributed by atoms with Crippen LogP contribution in [-0.4, -0.2) is 193 Å². The number of allylic oxidation sites excluding steroid dienone is 15. The largest absolute Gasteiger partial charge is 0.394 e. The number of aliphatic hydroxyl groups excluding tert-OH is 11. The van der Waals surface area contributed by atoms with Gasteiger partial charge in [0.2, 0.25) is 5.91 Å². The highest BCUT2D eigenvalue weighted by Gasteiger charge is 2.53. The predicted molar refractivity (Wildman–Crippen MR) is 341 cm³/mol. The lowest BCUT2D eigenvalue weighted by Gasteiger charge is -2.48. The normalized spacial score (nSPS) is 29.0. The number of unbranched alkanes of at least 4 members (excludes halogenated alkanes) is 19. The SMILES string of the molecule is CC/C=C\C/C=C\C/C=C\C/C=C\C/C=C\C/C=C\C/C=C\CCCCCCCC(=O)NC(COC1OC(CO)C(OC2OC(CO)C(OC3OC(CO)C(O)C(O)C3O)C(O)C2O)C(O)C1O)C(O)/C=C/CCCCCCCCCCCCCCCC. The Labute approximate surface area is 526 Å².